The van der Waals surface area contributed by atoms with E-state index in [1.165, 1.54) is 18.4 Å². The van der Waals surface area contributed by atoms with E-state index in [0.717, 1.165) is 57.1 Å². The lowest BCUT2D eigenvalue weighted by Crippen LogP contribution is -2.55. The van der Waals surface area contributed by atoms with Crippen LogP contribution in [0.4, 0.5) is 4.79 Å². The minimum absolute atomic E-state index is 0.177. The van der Waals surface area contributed by atoms with Crippen LogP contribution in [0.3, 0.4) is 0 Å². The molecule has 7 heteroatoms. The first-order valence-electron chi connectivity index (χ1n) is 10.7. The Labute approximate surface area is 174 Å². The van der Waals surface area contributed by atoms with Gasteiger partial charge >= 0.3 is 6.09 Å². The highest BCUT2D eigenvalue weighted by molar-refractivity contribution is 5.67. The molecule has 0 aliphatic carbocycles. The van der Waals surface area contributed by atoms with Gasteiger partial charge in [0, 0.05) is 58.0 Å². The number of hydrogen-bond acceptors (Lipinski definition) is 6. The molecule has 0 N–H and O–H groups in total. The van der Waals surface area contributed by atoms with Crippen LogP contribution in [0.15, 0.2) is 18.2 Å². The van der Waals surface area contributed by atoms with Gasteiger partial charge in [0.2, 0.25) is 0 Å². The SMILES string of the molecule is CCOC(=O)N1CCN([C@@H]2CCCN(Cc3ccc(OC)c(COC)c3)C2)CC1. The number of carbonyl (C=O) groups excluding carboxylic acids is 1. The van der Waals surface area contributed by atoms with E-state index in [4.69, 9.17) is 14.2 Å². The molecule has 2 heterocycles. The second-order valence-electron chi connectivity index (χ2n) is 7.83. The number of carbonyl (C=O) groups is 1. The van der Waals surface area contributed by atoms with Gasteiger partial charge in [0.1, 0.15) is 5.75 Å². The van der Waals surface area contributed by atoms with Gasteiger partial charge in [0.15, 0.2) is 0 Å². The van der Waals surface area contributed by atoms with Crippen LogP contribution in [-0.2, 0) is 22.6 Å². The molecule has 0 aromatic heterocycles. The van der Waals surface area contributed by atoms with E-state index in [1.807, 2.05) is 17.9 Å². The van der Waals surface area contributed by atoms with Crippen molar-refractivity contribution in [2.75, 3.05) is 60.1 Å². The summed E-state index contributed by atoms with van der Waals surface area (Å²) < 4.78 is 15.9. The monoisotopic (exact) mass is 405 g/mol. The summed E-state index contributed by atoms with van der Waals surface area (Å²) in [6.45, 7) is 9.37. The quantitative estimate of drug-likeness (QED) is 0.695. The lowest BCUT2D eigenvalue weighted by atomic mass is 10.0. The summed E-state index contributed by atoms with van der Waals surface area (Å²) in [5, 5.41) is 0. The van der Waals surface area contributed by atoms with E-state index in [1.54, 1.807) is 14.2 Å². The highest BCUT2D eigenvalue weighted by atomic mass is 16.6. The zero-order valence-electron chi connectivity index (χ0n) is 18.1. The first kappa shape index (κ1) is 21.9. The number of benzene rings is 1. The lowest BCUT2D eigenvalue weighted by Gasteiger charge is -2.43. The number of piperidine rings is 1. The largest absolute Gasteiger partial charge is 0.496 e. The van der Waals surface area contributed by atoms with E-state index in [9.17, 15) is 4.79 Å². The second kappa shape index (κ2) is 10.8. The maximum Gasteiger partial charge on any atom is 0.409 e. The fourth-order valence-electron chi connectivity index (χ4n) is 4.41. The molecule has 0 saturated carbocycles. The lowest BCUT2D eigenvalue weighted by molar-refractivity contribution is 0.0412. The van der Waals surface area contributed by atoms with Gasteiger partial charge in [-0.15, -0.1) is 0 Å². The number of amides is 1. The van der Waals surface area contributed by atoms with Crippen molar-refractivity contribution in [3.63, 3.8) is 0 Å². The third kappa shape index (κ3) is 5.84. The Morgan fingerprint density at radius 2 is 1.93 bits per heavy atom. The molecule has 0 unspecified atom stereocenters. The molecule has 0 radical (unpaired) electrons. The summed E-state index contributed by atoms with van der Waals surface area (Å²) in [6.07, 6.45) is 2.26. The topological polar surface area (TPSA) is 54.5 Å². The fourth-order valence-corrected chi connectivity index (χ4v) is 4.41. The standard InChI is InChI=1S/C22H35N3O4/c1-4-29-22(26)25-12-10-24(11-13-25)20-6-5-9-23(16-20)15-18-7-8-21(28-3)19(14-18)17-27-2/h7-8,14,20H,4-6,9-13,15-17H2,1-3H3/t20-/m1/s1. The summed E-state index contributed by atoms with van der Waals surface area (Å²) in [5.74, 6) is 0.881. The van der Waals surface area contributed by atoms with Gasteiger partial charge in [-0.1, -0.05) is 6.07 Å². The minimum atomic E-state index is -0.177. The molecule has 29 heavy (non-hydrogen) atoms. The van der Waals surface area contributed by atoms with Crippen LogP contribution in [0.25, 0.3) is 0 Å². The minimum Gasteiger partial charge on any atom is -0.496 e. The molecular formula is C22H35N3O4. The highest BCUT2D eigenvalue weighted by Crippen LogP contribution is 2.24. The molecule has 0 spiro atoms. The summed E-state index contributed by atoms with van der Waals surface area (Å²) in [7, 11) is 3.41. The van der Waals surface area contributed by atoms with Crippen LogP contribution in [0.1, 0.15) is 30.9 Å². The Hall–Kier alpha value is -1.83. The van der Waals surface area contributed by atoms with Gasteiger partial charge in [-0.2, -0.15) is 0 Å². The van der Waals surface area contributed by atoms with Crippen molar-refractivity contribution in [1.82, 2.24) is 14.7 Å². The molecule has 7 nitrogen and oxygen atoms in total. The predicted octanol–water partition coefficient (Wildman–Crippen LogP) is 2.58. The van der Waals surface area contributed by atoms with Crippen molar-refractivity contribution in [3.05, 3.63) is 29.3 Å². The van der Waals surface area contributed by atoms with Crippen molar-refractivity contribution in [2.24, 2.45) is 0 Å². The number of piperazine rings is 1. The molecule has 1 aromatic rings. The molecule has 2 fully saturated rings. The number of ether oxygens (including phenoxy) is 3. The van der Waals surface area contributed by atoms with E-state index in [-0.39, 0.29) is 6.09 Å². The third-order valence-electron chi connectivity index (χ3n) is 5.89. The third-order valence-corrected chi connectivity index (χ3v) is 5.89. The molecule has 162 valence electrons. The van der Waals surface area contributed by atoms with Gasteiger partial charge in [0.05, 0.1) is 20.3 Å². The molecule has 2 aliphatic rings. The van der Waals surface area contributed by atoms with Gasteiger partial charge in [-0.25, -0.2) is 4.79 Å². The molecule has 1 atom stereocenters. The Balaban J connectivity index is 1.53. The van der Waals surface area contributed by atoms with E-state index in [0.29, 0.717) is 19.3 Å². The zero-order chi connectivity index (χ0) is 20.6. The molecule has 2 saturated heterocycles. The normalized spacial score (nSPS) is 21.2. The van der Waals surface area contributed by atoms with E-state index < -0.39 is 0 Å². The Morgan fingerprint density at radius 3 is 2.62 bits per heavy atom. The summed E-state index contributed by atoms with van der Waals surface area (Å²) >= 11 is 0. The summed E-state index contributed by atoms with van der Waals surface area (Å²) in [5.41, 5.74) is 2.39. The molecule has 1 amide bonds. The highest BCUT2D eigenvalue weighted by Gasteiger charge is 2.29. The number of rotatable bonds is 7. The zero-order valence-corrected chi connectivity index (χ0v) is 18.1. The summed E-state index contributed by atoms with van der Waals surface area (Å²) in [4.78, 5) is 18.8. The molecule has 3 rings (SSSR count). The Kier molecular flexibility index (Phi) is 8.15. The van der Waals surface area contributed by atoms with Crippen LogP contribution in [0.2, 0.25) is 0 Å². The predicted molar refractivity (Wildman–Crippen MR) is 112 cm³/mol. The van der Waals surface area contributed by atoms with E-state index >= 15 is 0 Å². The van der Waals surface area contributed by atoms with Crippen molar-refractivity contribution >= 4 is 6.09 Å². The van der Waals surface area contributed by atoms with Crippen LogP contribution >= 0.6 is 0 Å². The molecule has 2 aliphatic heterocycles. The molecule has 0 bridgehead atoms. The summed E-state index contributed by atoms with van der Waals surface area (Å²) in [6, 6.07) is 6.95. The van der Waals surface area contributed by atoms with Gasteiger partial charge in [-0.05, 0) is 44.0 Å². The molecular weight excluding hydrogens is 370 g/mol. The van der Waals surface area contributed by atoms with Crippen molar-refractivity contribution in [3.8, 4) is 5.75 Å². The number of methoxy groups -OCH3 is 2. The van der Waals surface area contributed by atoms with Crippen molar-refractivity contribution in [1.29, 1.82) is 0 Å². The smallest absolute Gasteiger partial charge is 0.409 e. The Morgan fingerprint density at radius 1 is 1.14 bits per heavy atom. The number of likely N-dealkylation sites (tertiary alicyclic amines) is 1. The van der Waals surface area contributed by atoms with Crippen LogP contribution < -0.4 is 4.74 Å². The fraction of sp³-hybridized carbons (Fsp3) is 0.682. The number of nitrogens with zero attached hydrogens (tertiary/aromatic N) is 3. The number of hydrogen-bond donors (Lipinski definition) is 0. The average Bonchev–Trinajstić information content (AvgIpc) is 2.75. The van der Waals surface area contributed by atoms with Crippen LogP contribution in [0, 0.1) is 0 Å². The average molecular weight is 406 g/mol. The van der Waals surface area contributed by atoms with Crippen LogP contribution in [0.5, 0.6) is 5.75 Å². The van der Waals surface area contributed by atoms with Gasteiger partial charge < -0.3 is 19.1 Å². The van der Waals surface area contributed by atoms with Gasteiger partial charge in [0.25, 0.3) is 0 Å². The maximum absolute atomic E-state index is 11.9. The maximum atomic E-state index is 11.9. The molecule has 1 aromatic carbocycles. The van der Waals surface area contributed by atoms with Crippen LogP contribution in [-0.4, -0.2) is 86.9 Å². The van der Waals surface area contributed by atoms with Crippen molar-refractivity contribution in [2.45, 2.75) is 39.0 Å². The Bertz CT molecular complexity index is 661. The van der Waals surface area contributed by atoms with Gasteiger partial charge in [-0.3, -0.25) is 9.80 Å². The first-order valence-corrected chi connectivity index (χ1v) is 10.7. The first-order chi connectivity index (χ1) is 14.1. The van der Waals surface area contributed by atoms with Crippen molar-refractivity contribution < 1.29 is 19.0 Å². The van der Waals surface area contributed by atoms with E-state index in [2.05, 4.69) is 21.9 Å². The second-order valence-corrected chi connectivity index (χ2v) is 7.83.